The molecule has 0 bridgehead atoms. The monoisotopic (exact) mass is 281 g/mol. The van der Waals surface area contributed by atoms with Gasteiger partial charge in [-0.3, -0.25) is 4.57 Å². The molecule has 0 radical (unpaired) electrons. The lowest BCUT2D eigenvalue weighted by Gasteiger charge is -2.11. The van der Waals surface area contributed by atoms with E-state index in [9.17, 15) is 0 Å². The summed E-state index contributed by atoms with van der Waals surface area (Å²) in [6.45, 7) is 4.62. The summed E-state index contributed by atoms with van der Waals surface area (Å²) >= 11 is 0. The lowest BCUT2D eigenvalue weighted by molar-refractivity contribution is 0.794. The number of nitrogens with zero attached hydrogens (tertiary/aromatic N) is 4. The minimum absolute atomic E-state index is 0.599. The van der Waals surface area contributed by atoms with Gasteiger partial charge in [0.05, 0.1) is 11.4 Å². The SMILES string of the molecule is Cc1nn(-c2ccccc2)c(-n2ccnc2C)c1CCN. The number of nitrogens with two attached hydrogens (primary N) is 1. The molecule has 0 aliphatic rings. The number of aryl methyl sites for hydroxylation is 2. The standard InChI is InChI=1S/C16H19N5/c1-12-15(8-9-17)16(20-11-10-18-13(20)2)21(19-12)14-6-4-3-5-7-14/h3-7,10-11H,8-9,17H2,1-2H3. The van der Waals surface area contributed by atoms with Crippen molar-refractivity contribution < 1.29 is 0 Å². The van der Waals surface area contributed by atoms with Crippen LogP contribution < -0.4 is 5.73 Å². The molecule has 5 heteroatoms. The Balaban J connectivity index is 2.26. The fraction of sp³-hybridized carbons (Fsp3) is 0.250. The van der Waals surface area contributed by atoms with Crippen LogP contribution in [-0.4, -0.2) is 25.9 Å². The summed E-state index contributed by atoms with van der Waals surface area (Å²) in [6.07, 6.45) is 4.57. The largest absolute Gasteiger partial charge is 0.330 e. The van der Waals surface area contributed by atoms with E-state index in [1.165, 1.54) is 5.56 Å². The second kappa shape index (κ2) is 5.54. The van der Waals surface area contributed by atoms with E-state index in [2.05, 4.69) is 21.7 Å². The minimum Gasteiger partial charge on any atom is -0.330 e. The number of rotatable bonds is 4. The minimum atomic E-state index is 0.599. The summed E-state index contributed by atoms with van der Waals surface area (Å²) in [5, 5.41) is 4.71. The molecule has 2 aromatic heterocycles. The second-order valence-electron chi connectivity index (χ2n) is 5.02. The van der Waals surface area contributed by atoms with E-state index >= 15 is 0 Å². The molecule has 0 fully saturated rings. The zero-order chi connectivity index (χ0) is 14.8. The average Bonchev–Trinajstić information content (AvgIpc) is 3.05. The highest BCUT2D eigenvalue weighted by molar-refractivity contribution is 5.46. The fourth-order valence-corrected chi connectivity index (χ4v) is 2.58. The van der Waals surface area contributed by atoms with Crippen molar-refractivity contribution in [2.75, 3.05) is 6.54 Å². The maximum Gasteiger partial charge on any atom is 0.145 e. The number of hydrogen-bond acceptors (Lipinski definition) is 3. The summed E-state index contributed by atoms with van der Waals surface area (Å²) < 4.78 is 4.03. The van der Waals surface area contributed by atoms with Crippen molar-refractivity contribution >= 4 is 0 Å². The van der Waals surface area contributed by atoms with Crippen molar-refractivity contribution in [2.45, 2.75) is 20.3 Å². The maximum absolute atomic E-state index is 5.78. The van der Waals surface area contributed by atoms with Crippen molar-refractivity contribution in [1.82, 2.24) is 19.3 Å². The molecule has 3 rings (SSSR count). The van der Waals surface area contributed by atoms with Gasteiger partial charge in [0.1, 0.15) is 11.6 Å². The number of aromatic nitrogens is 4. The molecule has 0 unspecified atom stereocenters. The van der Waals surface area contributed by atoms with Crippen molar-refractivity contribution in [2.24, 2.45) is 5.73 Å². The number of imidazole rings is 1. The molecule has 0 amide bonds. The van der Waals surface area contributed by atoms with Gasteiger partial charge in [0.25, 0.3) is 0 Å². The first kappa shape index (κ1) is 13.6. The first-order valence-electron chi connectivity index (χ1n) is 7.06. The van der Waals surface area contributed by atoms with Gasteiger partial charge >= 0.3 is 0 Å². The van der Waals surface area contributed by atoms with Gasteiger partial charge in [-0.05, 0) is 38.9 Å². The van der Waals surface area contributed by atoms with E-state index in [1.807, 2.05) is 42.9 Å². The smallest absolute Gasteiger partial charge is 0.145 e. The molecule has 2 N–H and O–H groups in total. The van der Waals surface area contributed by atoms with Crippen LogP contribution in [0.4, 0.5) is 0 Å². The van der Waals surface area contributed by atoms with Crippen LogP contribution >= 0.6 is 0 Å². The summed E-state index contributed by atoms with van der Waals surface area (Å²) in [7, 11) is 0. The number of para-hydroxylation sites is 1. The van der Waals surface area contributed by atoms with Gasteiger partial charge in [-0.2, -0.15) is 5.10 Å². The Morgan fingerprint density at radius 3 is 2.52 bits per heavy atom. The highest BCUT2D eigenvalue weighted by atomic mass is 15.4. The highest BCUT2D eigenvalue weighted by Crippen LogP contribution is 2.23. The quantitative estimate of drug-likeness (QED) is 0.797. The molecule has 0 aliphatic heterocycles. The van der Waals surface area contributed by atoms with E-state index < -0.39 is 0 Å². The van der Waals surface area contributed by atoms with Gasteiger partial charge in [-0.25, -0.2) is 9.67 Å². The summed E-state index contributed by atoms with van der Waals surface area (Å²) in [5.41, 5.74) is 8.99. The van der Waals surface area contributed by atoms with Crippen LogP contribution in [0.1, 0.15) is 17.1 Å². The Kier molecular flexibility index (Phi) is 3.58. The molecule has 0 spiro atoms. The Bertz CT molecular complexity index is 739. The maximum atomic E-state index is 5.78. The topological polar surface area (TPSA) is 61.7 Å². The molecule has 0 saturated heterocycles. The lowest BCUT2D eigenvalue weighted by Crippen LogP contribution is -2.10. The van der Waals surface area contributed by atoms with Crippen LogP contribution in [0.3, 0.4) is 0 Å². The van der Waals surface area contributed by atoms with Crippen LogP contribution in [-0.2, 0) is 6.42 Å². The molecule has 108 valence electrons. The van der Waals surface area contributed by atoms with E-state index in [-0.39, 0.29) is 0 Å². The molecule has 2 heterocycles. The van der Waals surface area contributed by atoms with Gasteiger partial charge in [0, 0.05) is 18.0 Å². The van der Waals surface area contributed by atoms with Crippen molar-refractivity contribution in [1.29, 1.82) is 0 Å². The zero-order valence-corrected chi connectivity index (χ0v) is 12.3. The molecule has 0 atom stereocenters. The molecule has 5 nitrogen and oxygen atoms in total. The Morgan fingerprint density at radius 1 is 1.14 bits per heavy atom. The van der Waals surface area contributed by atoms with Gasteiger partial charge in [0.2, 0.25) is 0 Å². The Labute approximate surface area is 124 Å². The van der Waals surface area contributed by atoms with Crippen LogP contribution in [0.5, 0.6) is 0 Å². The first-order valence-corrected chi connectivity index (χ1v) is 7.06. The van der Waals surface area contributed by atoms with Gasteiger partial charge < -0.3 is 5.73 Å². The normalized spacial score (nSPS) is 11.0. The van der Waals surface area contributed by atoms with E-state index in [4.69, 9.17) is 10.8 Å². The molecule has 0 aliphatic carbocycles. The first-order chi connectivity index (χ1) is 10.2. The molecule has 3 aromatic rings. The predicted molar refractivity (Wildman–Crippen MR) is 82.9 cm³/mol. The van der Waals surface area contributed by atoms with Crippen molar-refractivity contribution in [3.63, 3.8) is 0 Å². The summed E-state index contributed by atoms with van der Waals surface area (Å²) in [6, 6.07) is 10.1. The van der Waals surface area contributed by atoms with Crippen molar-refractivity contribution in [3.8, 4) is 11.5 Å². The van der Waals surface area contributed by atoms with Crippen LogP contribution in [0.2, 0.25) is 0 Å². The predicted octanol–water partition coefficient (Wildman–Crippen LogP) is 2.18. The molecular weight excluding hydrogens is 262 g/mol. The van der Waals surface area contributed by atoms with Crippen LogP contribution in [0, 0.1) is 13.8 Å². The summed E-state index contributed by atoms with van der Waals surface area (Å²) in [4.78, 5) is 4.33. The number of benzene rings is 1. The fourth-order valence-electron chi connectivity index (χ4n) is 2.58. The summed E-state index contributed by atoms with van der Waals surface area (Å²) in [5.74, 6) is 1.96. The van der Waals surface area contributed by atoms with Gasteiger partial charge in [-0.1, -0.05) is 18.2 Å². The lowest BCUT2D eigenvalue weighted by atomic mass is 10.1. The third-order valence-electron chi connectivity index (χ3n) is 3.61. The Hall–Kier alpha value is -2.40. The van der Waals surface area contributed by atoms with Crippen LogP contribution in [0.15, 0.2) is 42.7 Å². The average molecular weight is 281 g/mol. The van der Waals surface area contributed by atoms with E-state index in [0.29, 0.717) is 6.54 Å². The van der Waals surface area contributed by atoms with E-state index in [1.54, 1.807) is 6.20 Å². The molecule has 1 aromatic carbocycles. The van der Waals surface area contributed by atoms with Crippen molar-refractivity contribution in [3.05, 3.63) is 59.8 Å². The van der Waals surface area contributed by atoms with E-state index in [0.717, 1.165) is 29.4 Å². The third kappa shape index (κ3) is 2.36. The number of hydrogen-bond donors (Lipinski definition) is 1. The van der Waals surface area contributed by atoms with Gasteiger partial charge in [0.15, 0.2) is 0 Å². The highest BCUT2D eigenvalue weighted by Gasteiger charge is 2.18. The second-order valence-corrected chi connectivity index (χ2v) is 5.02. The van der Waals surface area contributed by atoms with Gasteiger partial charge in [-0.15, -0.1) is 0 Å². The third-order valence-corrected chi connectivity index (χ3v) is 3.61. The molecule has 21 heavy (non-hydrogen) atoms. The Morgan fingerprint density at radius 2 is 1.90 bits per heavy atom. The zero-order valence-electron chi connectivity index (χ0n) is 12.3. The molecule has 0 saturated carbocycles. The molecular formula is C16H19N5. The van der Waals surface area contributed by atoms with Crippen LogP contribution in [0.25, 0.3) is 11.5 Å².